The van der Waals surface area contributed by atoms with Crippen molar-refractivity contribution in [2.75, 3.05) is 13.2 Å². The molecule has 2 N–H and O–H groups in total. The lowest BCUT2D eigenvalue weighted by molar-refractivity contribution is -0.147. The van der Waals surface area contributed by atoms with Crippen molar-refractivity contribution in [1.82, 2.24) is 10.6 Å². The van der Waals surface area contributed by atoms with Gasteiger partial charge in [-0.2, -0.15) is 0 Å². The van der Waals surface area contributed by atoms with E-state index < -0.39 is 6.04 Å². The third-order valence-electron chi connectivity index (χ3n) is 2.98. The molecule has 0 aromatic rings. The van der Waals surface area contributed by atoms with Crippen molar-refractivity contribution in [3.63, 3.8) is 0 Å². The van der Waals surface area contributed by atoms with Crippen molar-refractivity contribution in [2.45, 2.75) is 45.7 Å². The van der Waals surface area contributed by atoms with Crippen molar-refractivity contribution < 1.29 is 14.3 Å². The van der Waals surface area contributed by atoms with Crippen molar-refractivity contribution in [1.29, 1.82) is 0 Å². The van der Waals surface area contributed by atoms with Crippen molar-refractivity contribution in [2.24, 2.45) is 5.92 Å². The minimum absolute atomic E-state index is 0.114. The fourth-order valence-electron chi connectivity index (χ4n) is 1.95. The van der Waals surface area contributed by atoms with Crippen LogP contribution in [0.25, 0.3) is 0 Å². The summed E-state index contributed by atoms with van der Waals surface area (Å²) in [6, 6.07) is -0.767. The second kappa shape index (κ2) is 6.59. The van der Waals surface area contributed by atoms with Crippen LogP contribution in [-0.2, 0) is 14.3 Å². The van der Waals surface area contributed by atoms with Gasteiger partial charge in [-0.3, -0.25) is 4.79 Å². The number of amides is 1. The molecule has 1 fully saturated rings. The highest BCUT2D eigenvalue weighted by molar-refractivity contribution is 5.87. The normalized spacial score (nSPS) is 26.1. The molecule has 0 aliphatic carbocycles. The van der Waals surface area contributed by atoms with E-state index in [0.717, 1.165) is 19.4 Å². The second-order valence-electron chi connectivity index (χ2n) is 4.62. The van der Waals surface area contributed by atoms with Crippen LogP contribution in [0.4, 0.5) is 0 Å². The molecule has 98 valence electrons. The smallest absolute Gasteiger partial charge is 0.328 e. The summed E-state index contributed by atoms with van der Waals surface area (Å²) < 4.78 is 4.84. The van der Waals surface area contributed by atoms with Gasteiger partial charge in [-0.05, 0) is 39.2 Å². The molecule has 3 atom stereocenters. The van der Waals surface area contributed by atoms with Gasteiger partial charge in [0.05, 0.1) is 12.6 Å². The Labute approximate surface area is 102 Å². The van der Waals surface area contributed by atoms with Gasteiger partial charge in [0.1, 0.15) is 6.04 Å². The maximum Gasteiger partial charge on any atom is 0.328 e. The van der Waals surface area contributed by atoms with E-state index in [0.29, 0.717) is 12.5 Å². The monoisotopic (exact) mass is 242 g/mol. The number of rotatable bonds is 4. The molecule has 1 rings (SSSR count). The Morgan fingerprint density at radius 3 is 2.82 bits per heavy atom. The summed E-state index contributed by atoms with van der Waals surface area (Å²) in [5.41, 5.74) is 0. The summed E-state index contributed by atoms with van der Waals surface area (Å²) in [6.45, 7) is 6.71. The fraction of sp³-hybridized carbons (Fsp3) is 0.833. The lowest BCUT2D eigenvalue weighted by atomic mass is 9.94. The Hall–Kier alpha value is -1.10. The van der Waals surface area contributed by atoms with E-state index in [-0.39, 0.29) is 17.9 Å². The predicted octanol–water partition coefficient (Wildman–Crippen LogP) is 0.442. The van der Waals surface area contributed by atoms with Crippen LogP contribution in [0.1, 0.15) is 33.6 Å². The van der Waals surface area contributed by atoms with Gasteiger partial charge in [-0.1, -0.05) is 6.92 Å². The molecule has 1 heterocycles. The number of piperidine rings is 1. The Kier molecular flexibility index (Phi) is 5.41. The molecular formula is C12H22N2O3. The van der Waals surface area contributed by atoms with E-state index >= 15 is 0 Å². The van der Waals surface area contributed by atoms with Crippen molar-refractivity contribution in [3.8, 4) is 0 Å². The predicted molar refractivity (Wildman–Crippen MR) is 64.4 cm³/mol. The van der Waals surface area contributed by atoms with E-state index in [2.05, 4.69) is 17.6 Å². The lowest BCUT2D eigenvalue weighted by Gasteiger charge is -2.28. The molecule has 0 aromatic heterocycles. The molecule has 0 radical (unpaired) electrons. The van der Waals surface area contributed by atoms with Crippen LogP contribution < -0.4 is 10.6 Å². The molecule has 0 aromatic carbocycles. The zero-order chi connectivity index (χ0) is 12.8. The van der Waals surface area contributed by atoms with Gasteiger partial charge in [0.2, 0.25) is 5.91 Å². The zero-order valence-corrected chi connectivity index (χ0v) is 10.8. The number of ether oxygens (including phenoxy) is 1. The number of esters is 1. The molecule has 1 aliphatic rings. The van der Waals surface area contributed by atoms with E-state index in [4.69, 9.17) is 4.74 Å². The number of hydrogen-bond donors (Lipinski definition) is 2. The summed E-state index contributed by atoms with van der Waals surface area (Å²) in [4.78, 5) is 23.2. The van der Waals surface area contributed by atoms with Crippen LogP contribution in [0.15, 0.2) is 0 Å². The molecule has 1 amide bonds. The van der Waals surface area contributed by atoms with Crippen molar-refractivity contribution in [3.05, 3.63) is 0 Å². The van der Waals surface area contributed by atoms with Crippen LogP contribution in [0.5, 0.6) is 0 Å². The SMILES string of the molecule is CCOC(=O)C(C)NC(=O)C1CC(C)CCN1. The van der Waals surface area contributed by atoms with Gasteiger partial charge in [-0.15, -0.1) is 0 Å². The number of carbonyl (C=O) groups is 2. The van der Waals surface area contributed by atoms with Crippen molar-refractivity contribution >= 4 is 11.9 Å². The van der Waals surface area contributed by atoms with E-state index in [1.807, 2.05) is 0 Å². The Balaban J connectivity index is 2.40. The molecule has 0 spiro atoms. The van der Waals surface area contributed by atoms with Gasteiger partial charge < -0.3 is 15.4 Å². The Bertz CT molecular complexity index is 281. The molecule has 3 unspecified atom stereocenters. The minimum atomic E-state index is -0.582. The molecule has 1 saturated heterocycles. The van der Waals surface area contributed by atoms with E-state index in [1.54, 1.807) is 13.8 Å². The Morgan fingerprint density at radius 2 is 2.24 bits per heavy atom. The third kappa shape index (κ3) is 4.34. The van der Waals surface area contributed by atoms with Crippen LogP contribution in [0, 0.1) is 5.92 Å². The summed E-state index contributed by atoms with van der Waals surface area (Å²) >= 11 is 0. The summed E-state index contributed by atoms with van der Waals surface area (Å²) in [5.74, 6) is 0.0479. The molecule has 0 bridgehead atoms. The molecular weight excluding hydrogens is 220 g/mol. The van der Waals surface area contributed by atoms with E-state index in [9.17, 15) is 9.59 Å². The fourth-order valence-corrected chi connectivity index (χ4v) is 1.95. The maximum atomic E-state index is 11.9. The highest BCUT2D eigenvalue weighted by Crippen LogP contribution is 2.15. The maximum absolute atomic E-state index is 11.9. The first-order chi connectivity index (χ1) is 8.04. The lowest BCUT2D eigenvalue weighted by Crippen LogP contribution is -2.52. The van der Waals surface area contributed by atoms with Crippen LogP contribution >= 0.6 is 0 Å². The van der Waals surface area contributed by atoms with Crippen LogP contribution in [-0.4, -0.2) is 37.1 Å². The highest BCUT2D eigenvalue weighted by Gasteiger charge is 2.27. The quantitative estimate of drug-likeness (QED) is 0.702. The molecule has 1 aliphatic heterocycles. The largest absolute Gasteiger partial charge is 0.464 e. The first kappa shape index (κ1) is 14.0. The number of carbonyl (C=O) groups excluding carboxylic acids is 2. The topological polar surface area (TPSA) is 67.4 Å². The van der Waals surface area contributed by atoms with E-state index in [1.165, 1.54) is 0 Å². The minimum Gasteiger partial charge on any atom is -0.464 e. The average Bonchev–Trinajstić information content (AvgIpc) is 2.29. The summed E-state index contributed by atoms with van der Waals surface area (Å²) in [5, 5.41) is 5.84. The zero-order valence-electron chi connectivity index (χ0n) is 10.8. The van der Waals surface area contributed by atoms with Gasteiger partial charge >= 0.3 is 5.97 Å². The highest BCUT2D eigenvalue weighted by atomic mass is 16.5. The van der Waals surface area contributed by atoms with Gasteiger partial charge in [0.15, 0.2) is 0 Å². The number of hydrogen-bond acceptors (Lipinski definition) is 4. The van der Waals surface area contributed by atoms with Gasteiger partial charge in [0.25, 0.3) is 0 Å². The Morgan fingerprint density at radius 1 is 1.53 bits per heavy atom. The van der Waals surface area contributed by atoms with Gasteiger partial charge in [0, 0.05) is 0 Å². The second-order valence-corrected chi connectivity index (χ2v) is 4.62. The summed E-state index contributed by atoms with van der Waals surface area (Å²) in [7, 11) is 0. The molecule has 5 nitrogen and oxygen atoms in total. The first-order valence-corrected chi connectivity index (χ1v) is 6.25. The first-order valence-electron chi connectivity index (χ1n) is 6.25. The number of nitrogens with one attached hydrogen (secondary N) is 2. The molecule has 5 heteroatoms. The molecule has 17 heavy (non-hydrogen) atoms. The van der Waals surface area contributed by atoms with Crippen LogP contribution in [0.3, 0.4) is 0 Å². The summed E-state index contributed by atoms with van der Waals surface area (Å²) in [6.07, 6.45) is 1.92. The standard InChI is InChI=1S/C12H22N2O3/c1-4-17-12(16)9(3)14-11(15)10-7-8(2)5-6-13-10/h8-10,13H,4-7H2,1-3H3,(H,14,15). The van der Waals surface area contributed by atoms with Crippen LogP contribution in [0.2, 0.25) is 0 Å². The molecule has 0 saturated carbocycles. The average molecular weight is 242 g/mol. The van der Waals surface area contributed by atoms with Gasteiger partial charge in [-0.25, -0.2) is 4.79 Å². The third-order valence-corrected chi connectivity index (χ3v) is 2.98.